The lowest BCUT2D eigenvalue weighted by molar-refractivity contribution is 0.0956. The summed E-state index contributed by atoms with van der Waals surface area (Å²) in [6.07, 6.45) is 1.77. The Hall–Kier alpha value is -1.13. The van der Waals surface area contributed by atoms with Gasteiger partial charge in [-0.2, -0.15) is 0 Å². The van der Waals surface area contributed by atoms with Crippen molar-refractivity contribution >= 4 is 32.6 Å². The summed E-state index contributed by atoms with van der Waals surface area (Å²) in [5.41, 5.74) is 1.72. The van der Waals surface area contributed by atoms with E-state index in [1.165, 1.54) is 0 Å². The molecule has 0 aliphatic rings. The van der Waals surface area contributed by atoms with Gasteiger partial charge in [-0.3, -0.25) is 4.79 Å². The summed E-state index contributed by atoms with van der Waals surface area (Å²) < 4.78 is 0.978. The number of H-pyrrole nitrogens is 1. The minimum absolute atomic E-state index is 0.104. The van der Waals surface area contributed by atoms with E-state index in [1.54, 1.807) is 13.2 Å². The van der Waals surface area contributed by atoms with Crippen LogP contribution in [0.1, 0.15) is 17.3 Å². The standard InChI is InChI=1S/C12H13BrN2O/c1-7(14-2)12(16)10-6-15-11-4-3-8(13)5-9(10)11/h3-7,14-15H,1-2H3/t7-/m0/s1. The van der Waals surface area contributed by atoms with E-state index in [0.29, 0.717) is 0 Å². The number of fused-ring (bicyclic) bond motifs is 1. The molecule has 1 aromatic heterocycles. The van der Waals surface area contributed by atoms with Crippen LogP contribution in [0.4, 0.5) is 0 Å². The molecule has 0 spiro atoms. The predicted molar refractivity (Wildman–Crippen MR) is 68.9 cm³/mol. The molecule has 1 atom stereocenters. The molecule has 84 valence electrons. The molecule has 0 aliphatic heterocycles. The van der Waals surface area contributed by atoms with Crippen LogP contribution in [0.25, 0.3) is 10.9 Å². The Morgan fingerprint density at radius 3 is 2.94 bits per heavy atom. The fourth-order valence-electron chi connectivity index (χ4n) is 1.66. The fourth-order valence-corrected chi connectivity index (χ4v) is 2.02. The predicted octanol–water partition coefficient (Wildman–Crippen LogP) is 2.72. The van der Waals surface area contributed by atoms with Crippen LogP contribution < -0.4 is 5.32 Å². The van der Waals surface area contributed by atoms with Gasteiger partial charge in [0.25, 0.3) is 0 Å². The Morgan fingerprint density at radius 2 is 2.25 bits per heavy atom. The molecule has 0 bridgehead atoms. The van der Waals surface area contributed by atoms with Gasteiger partial charge in [0.15, 0.2) is 5.78 Å². The Kier molecular flexibility index (Phi) is 3.12. The molecule has 0 aliphatic carbocycles. The van der Waals surface area contributed by atoms with Crippen LogP contribution in [0.2, 0.25) is 0 Å². The van der Waals surface area contributed by atoms with Gasteiger partial charge in [-0.25, -0.2) is 0 Å². The molecule has 2 N–H and O–H groups in total. The van der Waals surface area contributed by atoms with Crippen molar-refractivity contribution in [2.75, 3.05) is 7.05 Å². The fraction of sp³-hybridized carbons (Fsp3) is 0.250. The largest absolute Gasteiger partial charge is 0.360 e. The highest BCUT2D eigenvalue weighted by atomic mass is 79.9. The smallest absolute Gasteiger partial charge is 0.181 e. The van der Waals surface area contributed by atoms with Crippen molar-refractivity contribution < 1.29 is 4.79 Å². The number of likely N-dealkylation sites (N-methyl/N-ethyl adjacent to an activating group) is 1. The minimum atomic E-state index is -0.169. The third-order valence-corrected chi connectivity index (χ3v) is 3.23. The van der Waals surface area contributed by atoms with E-state index in [0.717, 1.165) is 20.9 Å². The number of hydrogen-bond donors (Lipinski definition) is 2. The molecule has 0 saturated carbocycles. The number of halogens is 1. The average molecular weight is 281 g/mol. The molecule has 16 heavy (non-hydrogen) atoms. The van der Waals surface area contributed by atoms with Crippen molar-refractivity contribution in [1.82, 2.24) is 10.3 Å². The van der Waals surface area contributed by atoms with E-state index in [4.69, 9.17) is 0 Å². The first-order chi connectivity index (χ1) is 7.63. The van der Waals surface area contributed by atoms with Crippen LogP contribution >= 0.6 is 15.9 Å². The van der Waals surface area contributed by atoms with E-state index >= 15 is 0 Å². The molecular weight excluding hydrogens is 268 g/mol. The first-order valence-corrected chi connectivity index (χ1v) is 5.91. The molecule has 0 saturated heterocycles. The summed E-state index contributed by atoms with van der Waals surface area (Å²) in [6, 6.07) is 5.70. The maximum atomic E-state index is 12.1. The van der Waals surface area contributed by atoms with Crippen molar-refractivity contribution in [3.63, 3.8) is 0 Å². The summed E-state index contributed by atoms with van der Waals surface area (Å²) in [6.45, 7) is 1.86. The third kappa shape index (κ3) is 1.90. The molecule has 0 unspecified atom stereocenters. The average Bonchev–Trinajstić information content (AvgIpc) is 2.69. The SMILES string of the molecule is CN[C@@H](C)C(=O)c1c[nH]c2ccc(Br)cc12. The number of carbonyl (C=O) groups excluding carboxylic acids is 1. The molecule has 1 aromatic carbocycles. The van der Waals surface area contributed by atoms with Crippen molar-refractivity contribution in [2.24, 2.45) is 0 Å². The lowest BCUT2D eigenvalue weighted by Gasteiger charge is -2.07. The highest BCUT2D eigenvalue weighted by molar-refractivity contribution is 9.10. The van der Waals surface area contributed by atoms with Gasteiger partial charge in [0.1, 0.15) is 0 Å². The molecule has 1 heterocycles. The molecule has 3 nitrogen and oxygen atoms in total. The molecule has 4 heteroatoms. The van der Waals surface area contributed by atoms with E-state index in [9.17, 15) is 4.79 Å². The van der Waals surface area contributed by atoms with Crippen molar-refractivity contribution in [3.05, 3.63) is 34.4 Å². The van der Waals surface area contributed by atoms with Crippen LogP contribution in [-0.2, 0) is 0 Å². The molecule has 0 radical (unpaired) electrons. The second-order valence-electron chi connectivity index (χ2n) is 3.77. The number of rotatable bonds is 3. The van der Waals surface area contributed by atoms with Gasteiger partial charge in [0.05, 0.1) is 6.04 Å². The molecule has 0 fully saturated rings. The molecular formula is C12H13BrN2O. The summed E-state index contributed by atoms with van der Waals surface area (Å²) in [7, 11) is 1.79. The number of hydrogen-bond acceptors (Lipinski definition) is 2. The zero-order valence-corrected chi connectivity index (χ0v) is 10.8. The van der Waals surface area contributed by atoms with Crippen molar-refractivity contribution in [3.8, 4) is 0 Å². The van der Waals surface area contributed by atoms with E-state index in [-0.39, 0.29) is 11.8 Å². The lowest BCUT2D eigenvalue weighted by Crippen LogP contribution is -2.30. The first-order valence-electron chi connectivity index (χ1n) is 5.11. The van der Waals surface area contributed by atoms with Gasteiger partial charge < -0.3 is 10.3 Å². The quantitative estimate of drug-likeness (QED) is 0.850. The van der Waals surface area contributed by atoms with Gasteiger partial charge in [0, 0.05) is 27.1 Å². The van der Waals surface area contributed by atoms with E-state index in [1.807, 2.05) is 25.1 Å². The zero-order chi connectivity index (χ0) is 11.7. The van der Waals surface area contributed by atoms with Crippen LogP contribution in [0.3, 0.4) is 0 Å². The normalized spacial score (nSPS) is 12.9. The number of nitrogens with one attached hydrogen (secondary N) is 2. The molecule has 2 aromatic rings. The number of ketones is 1. The number of aromatic amines is 1. The third-order valence-electron chi connectivity index (χ3n) is 2.74. The second-order valence-corrected chi connectivity index (χ2v) is 4.68. The Labute approximate surface area is 102 Å². The second kappa shape index (κ2) is 4.39. The Balaban J connectivity index is 2.53. The van der Waals surface area contributed by atoms with Crippen LogP contribution in [0.15, 0.2) is 28.9 Å². The van der Waals surface area contributed by atoms with Crippen LogP contribution in [-0.4, -0.2) is 23.9 Å². The van der Waals surface area contributed by atoms with Gasteiger partial charge in [-0.05, 0) is 32.2 Å². The number of benzene rings is 1. The minimum Gasteiger partial charge on any atom is -0.360 e. The summed E-state index contributed by atoms with van der Waals surface area (Å²) in [4.78, 5) is 15.2. The number of aromatic nitrogens is 1. The van der Waals surface area contributed by atoms with Gasteiger partial charge in [-0.1, -0.05) is 15.9 Å². The summed E-state index contributed by atoms with van der Waals surface area (Å²) in [5.74, 6) is 0.104. The topological polar surface area (TPSA) is 44.9 Å². The lowest BCUT2D eigenvalue weighted by atomic mass is 10.0. The number of Topliss-reactive ketones (excluding diaryl/α,β-unsaturated/α-hetero) is 1. The highest BCUT2D eigenvalue weighted by Gasteiger charge is 2.17. The highest BCUT2D eigenvalue weighted by Crippen LogP contribution is 2.23. The first kappa shape index (κ1) is 11.4. The Bertz CT molecular complexity index is 533. The Morgan fingerprint density at radius 1 is 1.50 bits per heavy atom. The molecule has 0 amide bonds. The van der Waals surface area contributed by atoms with E-state index in [2.05, 4.69) is 26.2 Å². The van der Waals surface area contributed by atoms with Gasteiger partial charge in [0.2, 0.25) is 0 Å². The summed E-state index contributed by atoms with van der Waals surface area (Å²) >= 11 is 3.41. The van der Waals surface area contributed by atoms with Crippen molar-refractivity contribution in [2.45, 2.75) is 13.0 Å². The zero-order valence-electron chi connectivity index (χ0n) is 9.17. The number of carbonyl (C=O) groups is 1. The maximum Gasteiger partial charge on any atom is 0.181 e. The van der Waals surface area contributed by atoms with Crippen LogP contribution in [0, 0.1) is 0 Å². The van der Waals surface area contributed by atoms with Crippen LogP contribution in [0.5, 0.6) is 0 Å². The maximum absolute atomic E-state index is 12.1. The summed E-state index contributed by atoms with van der Waals surface area (Å²) in [5, 5.41) is 3.92. The molecule has 2 rings (SSSR count). The van der Waals surface area contributed by atoms with Gasteiger partial charge in [-0.15, -0.1) is 0 Å². The van der Waals surface area contributed by atoms with Crippen molar-refractivity contribution in [1.29, 1.82) is 0 Å². The van der Waals surface area contributed by atoms with Gasteiger partial charge >= 0.3 is 0 Å². The monoisotopic (exact) mass is 280 g/mol. The van der Waals surface area contributed by atoms with E-state index < -0.39 is 0 Å².